The summed E-state index contributed by atoms with van der Waals surface area (Å²) >= 11 is 0. The molecule has 0 saturated heterocycles. The number of unbranched alkanes of at least 4 members (excludes halogenated alkanes) is 2. The van der Waals surface area contributed by atoms with Crippen LogP contribution in [0.5, 0.6) is 0 Å². The fraction of sp³-hybridized carbons (Fsp3) is 0.364. The van der Waals surface area contributed by atoms with E-state index in [9.17, 15) is 16.8 Å². The van der Waals surface area contributed by atoms with Crippen molar-refractivity contribution in [2.75, 3.05) is 13.1 Å². The number of hydrogen-bond acceptors (Lipinski definition) is 6. The third-order valence-electron chi connectivity index (χ3n) is 4.46. The average molecular weight is 451 g/mol. The summed E-state index contributed by atoms with van der Waals surface area (Å²) in [5, 5.41) is 6.08. The third kappa shape index (κ3) is 5.86. The van der Waals surface area contributed by atoms with Gasteiger partial charge in [-0.1, -0.05) is 63.1 Å². The molecular formula is C22H30N2O4S2. The van der Waals surface area contributed by atoms with Crippen LogP contribution in [0.25, 0.3) is 0 Å². The van der Waals surface area contributed by atoms with E-state index in [4.69, 9.17) is 0 Å². The number of hydrogen-bond donors (Lipinski definition) is 2. The van der Waals surface area contributed by atoms with Crippen LogP contribution < -0.4 is 10.6 Å². The quantitative estimate of drug-likeness (QED) is 0.477. The van der Waals surface area contributed by atoms with Crippen molar-refractivity contribution in [2.24, 2.45) is 0 Å². The van der Waals surface area contributed by atoms with Crippen molar-refractivity contribution in [3.63, 3.8) is 0 Å². The third-order valence-corrected chi connectivity index (χ3v) is 8.95. The molecule has 0 aliphatic rings. The molecule has 0 aromatic heterocycles. The first-order valence-corrected chi connectivity index (χ1v) is 13.1. The molecule has 0 bridgehead atoms. The second-order valence-electron chi connectivity index (χ2n) is 6.86. The minimum Gasteiger partial charge on any atom is -0.370 e. The summed E-state index contributed by atoms with van der Waals surface area (Å²) in [6.45, 7) is 4.95. The lowest BCUT2D eigenvalue weighted by molar-refractivity contribution is 0.586. The van der Waals surface area contributed by atoms with Gasteiger partial charge in [0, 0.05) is 13.1 Å². The van der Waals surface area contributed by atoms with E-state index in [1.54, 1.807) is 36.4 Å². The highest BCUT2D eigenvalue weighted by molar-refractivity contribution is 8.14. The smallest absolute Gasteiger partial charge is 0.221 e. The van der Waals surface area contributed by atoms with Crippen molar-refractivity contribution in [2.45, 2.75) is 49.3 Å². The molecule has 2 aromatic carbocycles. The van der Waals surface area contributed by atoms with Crippen molar-refractivity contribution in [1.29, 1.82) is 0 Å². The lowest BCUT2D eigenvalue weighted by atomic mass is 10.3. The monoisotopic (exact) mass is 450 g/mol. The summed E-state index contributed by atoms with van der Waals surface area (Å²) in [6, 6.07) is 15.3. The first-order valence-electron chi connectivity index (χ1n) is 10.2. The summed E-state index contributed by atoms with van der Waals surface area (Å²) < 4.78 is 53.5. The van der Waals surface area contributed by atoms with Crippen LogP contribution >= 0.6 is 0 Å². The Morgan fingerprint density at radius 3 is 1.37 bits per heavy atom. The molecule has 8 heteroatoms. The Morgan fingerprint density at radius 1 is 0.667 bits per heavy atom. The summed E-state index contributed by atoms with van der Waals surface area (Å²) in [7, 11) is -8.63. The van der Waals surface area contributed by atoms with Gasteiger partial charge in [-0.05, 0) is 37.1 Å². The summed E-state index contributed by atoms with van der Waals surface area (Å²) in [5.74, 6) is 0.0320. The zero-order valence-corrected chi connectivity index (χ0v) is 19.1. The van der Waals surface area contributed by atoms with E-state index in [0.29, 0.717) is 13.1 Å². The molecule has 2 aromatic rings. The predicted molar refractivity (Wildman–Crippen MR) is 120 cm³/mol. The highest BCUT2D eigenvalue weighted by Crippen LogP contribution is 2.30. The van der Waals surface area contributed by atoms with Crippen LogP contribution in [-0.2, 0) is 19.7 Å². The van der Waals surface area contributed by atoms with Gasteiger partial charge in [-0.2, -0.15) is 0 Å². The Morgan fingerprint density at radius 2 is 1.03 bits per heavy atom. The van der Waals surface area contributed by atoms with Crippen molar-refractivity contribution in [3.05, 3.63) is 70.7 Å². The Bertz CT molecular complexity index is 950. The fourth-order valence-corrected chi connectivity index (χ4v) is 6.83. The highest BCUT2D eigenvalue weighted by Gasteiger charge is 2.37. The zero-order valence-electron chi connectivity index (χ0n) is 17.5. The maximum Gasteiger partial charge on any atom is 0.221 e. The Balaban J connectivity index is 2.73. The number of benzene rings is 2. The SMILES string of the molecule is CCCCNC(NCCCC)=C(S(=O)(=O)c1ccccc1)S(=O)(=O)c1ccccc1. The molecule has 164 valence electrons. The maximum absolute atomic E-state index is 13.5. The van der Waals surface area contributed by atoms with Gasteiger partial charge < -0.3 is 10.6 Å². The second kappa shape index (κ2) is 11.2. The van der Waals surface area contributed by atoms with Gasteiger partial charge >= 0.3 is 0 Å². The van der Waals surface area contributed by atoms with Crippen molar-refractivity contribution < 1.29 is 16.8 Å². The number of sulfone groups is 2. The minimum atomic E-state index is -4.31. The van der Waals surface area contributed by atoms with Crippen LogP contribution in [0.3, 0.4) is 0 Å². The lowest BCUT2D eigenvalue weighted by Gasteiger charge is -2.19. The van der Waals surface area contributed by atoms with E-state index in [1.165, 1.54) is 24.3 Å². The van der Waals surface area contributed by atoms with E-state index < -0.39 is 23.9 Å². The average Bonchev–Trinajstić information content (AvgIpc) is 2.75. The fourth-order valence-electron chi connectivity index (χ4n) is 2.81. The lowest BCUT2D eigenvalue weighted by Crippen LogP contribution is -2.33. The predicted octanol–water partition coefficient (Wildman–Crippen LogP) is 3.84. The molecule has 0 radical (unpaired) electrons. The first kappa shape index (κ1) is 24.0. The normalized spacial score (nSPS) is 11.7. The van der Waals surface area contributed by atoms with Crippen molar-refractivity contribution in [1.82, 2.24) is 10.6 Å². The molecule has 6 nitrogen and oxygen atoms in total. The van der Waals surface area contributed by atoms with Crippen LogP contribution in [-0.4, -0.2) is 29.9 Å². The highest BCUT2D eigenvalue weighted by atomic mass is 32.3. The van der Waals surface area contributed by atoms with E-state index in [-0.39, 0.29) is 15.6 Å². The molecule has 0 aliphatic heterocycles. The van der Waals surface area contributed by atoms with E-state index in [0.717, 1.165) is 25.7 Å². The number of nitrogens with one attached hydrogen (secondary N) is 2. The molecule has 0 unspecified atom stereocenters. The summed E-state index contributed by atoms with van der Waals surface area (Å²) in [4.78, 5) is -0.127. The molecule has 0 fully saturated rings. The first-order chi connectivity index (χ1) is 14.4. The minimum absolute atomic E-state index is 0.0320. The van der Waals surface area contributed by atoms with Crippen LogP contribution in [0.1, 0.15) is 39.5 Å². The van der Waals surface area contributed by atoms with Crippen molar-refractivity contribution >= 4 is 19.7 Å². The molecule has 2 N–H and O–H groups in total. The van der Waals surface area contributed by atoms with Crippen LogP contribution in [0, 0.1) is 0 Å². The maximum atomic E-state index is 13.5. The van der Waals surface area contributed by atoms with Gasteiger partial charge in [-0.15, -0.1) is 0 Å². The Kier molecular flexibility index (Phi) is 8.92. The molecule has 0 saturated carbocycles. The topological polar surface area (TPSA) is 92.3 Å². The molecular weight excluding hydrogens is 420 g/mol. The molecule has 30 heavy (non-hydrogen) atoms. The second-order valence-corrected chi connectivity index (χ2v) is 10.9. The molecule has 0 aliphatic carbocycles. The van der Waals surface area contributed by atoms with E-state index >= 15 is 0 Å². The van der Waals surface area contributed by atoms with Gasteiger partial charge in [0.1, 0.15) is 5.82 Å². The molecule has 0 spiro atoms. The number of rotatable bonds is 12. The molecule has 0 amide bonds. The molecule has 0 heterocycles. The van der Waals surface area contributed by atoms with Crippen molar-refractivity contribution in [3.8, 4) is 0 Å². The summed E-state index contributed by atoms with van der Waals surface area (Å²) in [5.41, 5.74) is 0. The van der Waals surface area contributed by atoms with E-state index in [2.05, 4.69) is 10.6 Å². The van der Waals surface area contributed by atoms with Gasteiger partial charge in [0.2, 0.25) is 23.9 Å². The van der Waals surface area contributed by atoms with E-state index in [1.807, 2.05) is 13.8 Å². The van der Waals surface area contributed by atoms with Gasteiger partial charge in [0.15, 0.2) is 0 Å². The van der Waals surface area contributed by atoms with Crippen LogP contribution in [0.4, 0.5) is 0 Å². The van der Waals surface area contributed by atoms with Gasteiger partial charge in [0.05, 0.1) is 9.79 Å². The zero-order chi connectivity index (χ0) is 22.0. The summed E-state index contributed by atoms with van der Waals surface area (Å²) in [6.07, 6.45) is 3.34. The van der Waals surface area contributed by atoms with Crippen LogP contribution in [0.15, 0.2) is 80.5 Å². The van der Waals surface area contributed by atoms with Gasteiger partial charge in [0.25, 0.3) is 0 Å². The van der Waals surface area contributed by atoms with Crippen LogP contribution in [0.2, 0.25) is 0 Å². The molecule has 2 rings (SSSR count). The Labute approximate surface area is 180 Å². The van der Waals surface area contributed by atoms with Gasteiger partial charge in [-0.25, -0.2) is 16.8 Å². The Hall–Kier alpha value is -2.32. The van der Waals surface area contributed by atoms with Gasteiger partial charge in [-0.3, -0.25) is 0 Å². The molecule has 0 atom stereocenters. The largest absolute Gasteiger partial charge is 0.370 e. The standard InChI is InChI=1S/C22H30N2O4S2/c1-3-5-17-23-21(24-18-6-4-2)22(29(25,26)19-13-9-7-10-14-19)30(27,28)20-15-11-8-12-16-20/h7-16,23-24H,3-6,17-18H2,1-2H3.